The number of ether oxygens (including phenoxy) is 2. The van der Waals surface area contributed by atoms with Crippen molar-refractivity contribution in [1.82, 2.24) is 9.78 Å². The summed E-state index contributed by atoms with van der Waals surface area (Å²) >= 11 is 2.21. The molecule has 4 rings (SSSR count). The Labute approximate surface area is 163 Å². The number of nitrogens with zero attached hydrogens (tertiary/aromatic N) is 2. The molecule has 0 amide bonds. The molecule has 1 aliphatic heterocycles. The minimum atomic E-state index is -0.654. The summed E-state index contributed by atoms with van der Waals surface area (Å²) in [6.07, 6.45) is 3.17. The van der Waals surface area contributed by atoms with E-state index in [1.807, 2.05) is 22.9 Å². The van der Waals surface area contributed by atoms with Crippen LogP contribution in [-0.4, -0.2) is 16.4 Å². The monoisotopic (exact) mass is 470 g/mol. The second-order valence-electron chi connectivity index (χ2n) is 6.30. The molecule has 1 aliphatic rings. The molecular weight excluding hydrogens is 453 g/mol. The van der Waals surface area contributed by atoms with Crippen LogP contribution in [0.3, 0.4) is 0 Å². The largest absolute Gasteiger partial charge is 0.489 e. The number of benzene rings is 2. The second-order valence-corrected chi connectivity index (χ2v) is 7.32. The SMILES string of the molecule is Fc1cc(F)cc(OCc2ccc3c(c2)c(I)nn3C2CCCCO2)c1. The lowest BCUT2D eigenvalue weighted by molar-refractivity contribution is -0.0368. The lowest BCUT2D eigenvalue weighted by atomic mass is 10.1. The molecule has 0 spiro atoms. The lowest BCUT2D eigenvalue weighted by Gasteiger charge is -2.23. The van der Waals surface area contributed by atoms with E-state index in [2.05, 4.69) is 27.7 Å². The molecule has 1 unspecified atom stereocenters. The molecule has 1 atom stereocenters. The van der Waals surface area contributed by atoms with Crippen LogP contribution in [0.25, 0.3) is 10.9 Å². The molecule has 3 aromatic rings. The van der Waals surface area contributed by atoms with E-state index >= 15 is 0 Å². The van der Waals surface area contributed by atoms with Gasteiger partial charge in [0.2, 0.25) is 0 Å². The Balaban J connectivity index is 1.56. The van der Waals surface area contributed by atoms with Gasteiger partial charge in [0.05, 0.1) is 5.52 Å². The Bertz CT molecular complexity index is 918. The molecule has 0 aliphatic carbocycles. The maximum Gasteiger partial charge on any atom is 0.150 e. The molecule has 1 saturated heterocycles. The lowest BCUT2D eigenvalue weighted by Crippen LogP contribution is -2.19. The summed E-state index contributed by atoms with van der Waals surface area (Å²) in [4.78, 5) is 0. The van der Waals surface area contributed by atoms with Crippen LogP contribution in [0, 0.1) is 15.3 Å². The fourth-order valence-electron chi connectivity index (χ4n) is 3.15. The third-order valence-corrected chi connectivity index (χ3v) is 5.19. The third kappa shape index (κ3) is 3.68. The molecular formula is C19H17F2IN2O2. The van der Waals surface area contributed by atoms with Gasteiger partial charge in [0.15, 0.2) is 6.23 Å². The van der Waals surface area contributed by atoms with Crippen molar-refractivity contribution in [3.05, 3.63) is 57.3 Å². The molecule has 0 N–H and O–H groups in total. The van der Waals surface area contributed by atoms with Gasteiger partial charge in [-0.05, 0) is 59.5 Å². The molecule has 0 bridgehead atoms. The van der Waals surface area contributed by atoms with Crippen LogP contribution in [0.15, 0.2) is 36.4 Å². The molecule has 0 saturated carbocycles. The van der Waals surface area contributed by atoms with Gasteiger partial charge in [-0.2, -0.15) is 5.10 Å². The van der Waals surface area contributed by atoms with Crippen LogP contribution in [0.1, 0.15) is 31.1 Å². The van der Waals surface area contributed by atoms with E-state index in [9.17, 15) is 8.78 Å². The summed E-state index contributed by atoms with van der Waals surface area (Å²) in [6.45, 7) is 0.985. The normalized spacial score (nSPS) is 17.6. The summed E-state index contributed by atoms with van der Waals surface area (Å²) < 4.78 is 40.7. The highest BCUT2D eigenvalue weighted by Gasteiger charge is 2.20. The van der Waals surface area contributed by atoms with E-state index in [4.69, 9.17) is 9.47 Å². The van der Waals surface area contributed by atoms with E-state index in [-0.39, 0.29) is 18.6 Å². The highest BCUT2D eigenvalue weighted by atomic mass is 127. The fourth-order valence-corrected chi connectivity index (χ4v) is 3.82. The van der Waals surface area contributed by atoms with Crippen molar-refractivity contribution >= 4 is 33.5 Å². The molecule has 2 aromatic carbocycles. The van der Waals surface area contributed by atoms with Gasteiger partial charge in [0.1, 0.15) is 27.7 Å². The van der Waals surface area contributed by atoms with Gasteiger partial charge in [0.25, 0.3) is 0 Å². The predicted octanol–water partition coefficient (Wildman–Crippen LogP) is 5.20. The maximum atomic E-state index is 13.3. The quantitative estimate of drug-likeness (QED) is 0.493. The Hall–Kier alpha value is -1.74. The number of halogens is 3. The highest BCUT2D eigenvalue weighted by Crippen LogP contribution is 2.29. The molecule has 4 nitrogen and oxygen atoms in total. The minimum absolute atomic E-state index is 0.0212. The van der Waals surface area contributed by atoms with Gasteiger partial charge in [0, 0.05) is 30.2 Å². The number of rotatable bonds is 4. The Morgan fingerprint density at radius 1 is 1.15 bits per heavy atom. The van der Waals surface area contributed by atoms with Crippen molar-refractivity contribution in [2.45, 2.75) is 32.1 Å². The van der Waals surface area contributed by atoms with Crippen molar-refractivity contribution in [2.24, 2.45) is 0 Å². The molecule has 0 radical (unpaired) electrons. The van der Waals surface area contributed by atoms with E-state index < -0.39 is 11.6 Å². The molecule has 26 heavy (non-hydrogen) atoms. The smallest absolute Gasteiger partial charge is 0.150 e. The van der Waals surface area contributed by atoms with Crippen molar-refractivity contribution < 1.29 is 18.3 Å². The summed E-state index contributed by atoms with van der Waals surface area (Å²) in [5.41, 5.74) is 1.92. The number of hydrogen-bond acceptors (Lipinski definition) is 3. The number of fused-ring (bicyclic) bond motifs is 1. The van der Waals surface area contributed by atoms with Crippen LogP contribution in [-0.2, 0) is 11.3 Å². The van der Waals surface area contributed by atoms with Crippen LogP contribution in [0.2, 0.25) is 0 Å². The molecule has 7 heteroatoms. The van der Waals surface area contributed by atoms with Gasteiger partial charge >= 0.3 is 0 Å². The van der Waals surface area contributed by atoms with Crippen molar-refractivity contribution in [3.8, 4) is 5.75 Å². The Morgan fingerprint density at radius 3 is 2.69 bits per heavy atom. The summed E-state index contributed by atoms with van der Waals surface area (Å²) in [5.74, 6) is -1.14. The third-order valence-electron chi connectivity index (χ3n) is 4.40. The number of aromatic nitrogens is 2. The average Bonchev–Trinajstić information content (AvgIpc) is 2.96. The minimum Gasteiger partial charge on any atom is -0.489 e. The summed E-state index contributed by atoms with van der Waals surface area (Å²) in [5, 5.41) is 5.65. The molecule has 1 fully saturated rings. The Morgan fingerprint density at radius 2 is 1.96 bits per heavy atom. The van der Waals surface area contributed by atoms with E-state index in [1.54, 1.807) is 0 Å². The van der Waals surface area contributed by atoms with Crippen LogP contribution >= 0.6 is 22.6 Å². The molecule has 136 valence electrons. The predicted molar refractivity (Wildman–Crippen MR) is 102 cm³/mol. The van der Waals surface area contributed by atoms with E-state index in [1.165, 1.54) is 12.1 Å². The standard InChI is InChI=1S/C19H17F2IN2O2/c20-13-8-14(21)10-15(9-13)26-11-12-4-5-17-16(7-12)19(22)23-24(17)18-3-1-2-6-25-18/h4-5,7-10,18H,1-3,6,11H2. The topological polar surface area (TPSA) is 36.3 Å². The van der Waals surface area contributed by atoms with Gasteiger partial charge in [-0.25, -0.2) is 13.5 Å². The van der Waals surface area contributed by atoms with Crippen LogP contribution in [0.5, 0.6) is 5.75 Å². The van der Waals surface area contributed by atoms with Gasteiger partial charge in [-0.3, -0.25) is 0 Å². The van der Waals surface area contributed by atoms with Gasteiger partial charge in [-0.1, -0.05) is 6.07 Å². The van der Waals surface area contributed by atoms with E-state index in [0.717, 1.165) is 52.1 Å². The van der Waals surface area contributed by atoms with E-state index in [0.29, 0.717) is 0 Å². The first-order chi connectivity index (χ1) is 12.6. The zero-order valence-corrected chi connectivity index (χ0v) is 16.1. The zero-order valence-electron chi connectivity index (χ0n) is 13.9. The fraction of sp³-hybridized carbons (Fsp3) is 0.316. The molecule has 1 aromatic heterocycles. The first-order valence-electron chi connectivity index (χ1n) is 8.47. The average molecular weight is 470 g/mol. The summed E-state index contributed by atoms with van der Waals surface area (Å²) in [6, 6.07) is 9.10. The van der Waals surface area contributed by atoms with Crippen molar-refractivity contribution in [2.75, 3.05) is 6.61 Å². The first-order valence-corrected chi connectivity index (χ1v) is 9.55. The second kappa shape index (κ2) is 7.48. The van der Waals surface area contributed by atoms with Gasteiger partial charge in [-0.15, -0.1) is 0 Å². The zero-order chi connectivity index (χ0) is 18.1. The number of hydrogen-bond donors (Lipinski definition) is 0. The Kier molecular flexibility index (Phi) is 5.08. The van der Waals surface area contributed by atoms with Gasteiger partial charge < -0.3 is 9.47 Å². The van der Waals surface area contributed by atoms with Crippen molar-refractivity contribution in [1.29, 1.82) is 0 Å². The highest BCUT2D eigenvalue weighted by molar-refractivity contribution is 14.1. The van der Waals surface area contributed by atoms with Crippen LogP contribution < -0.4 is 4.74 Å². The summed E-state index contributed by atoms with van der Waals surface area (Å²) in [7, 11) is 0. The van der Waals surface area contributed by atoms with Crippen molar-refractivity contribution in [3.63, 3.8) is 0 Å². The van der Waals surface area contributed by atoms with Crippen LogP contribution in [0.4, 0.5) is 8.78 Å². The first kappa shape index (κ1) is 17.7. The maximum absolute atomic E-state index is 13.3. The molecule has 2 heterocycles.